The summed E-state index contributed by atoms with van der Waals surface area (Å²) in [4.78, 5) is 22.5. The Morgan fingerprint density at radius 1 is 0.886 bits per heavy atom. The van der Waals surface area contributed by atoms with Gasteiger partial charge in [-0.2, -0.15) is 0 Å². The zero-order valence-electron chi connectivity index (χ0n) is 20.1. The van der Waals surface area contributed by atoms with Crippen molar-refractivity contribution >= 4 is 45.0 Å². The molecule has 35 heavy (non-hydrogen) atoms. The second kappa shape index (κ2) is 12.5. The number of hydrogen-bond donors (Lipinski definition) is 0. The van der Waals surface area contributed by atoms with Crippen LogP contribution in [0, 0.1) is 0 Å². The summed E-state index contributed by atoms with van der Waals surface area (Å²) in [5.74, 6) is 2.11. The summed E-state index contributed by atoms with van der Waals surface area (Å²) in [5.41, 5.74) is 1.42. The van der Waals surface area contributed by atoms with E-state index in [9.17, 15) is 4.79 Å². The number of para-hydroxylation sites is 1. The number of ether oxygens (including phenoxy) is 2. The van der Waals surface area contributed by atoms with Gasteiger partial charge in [-0.15, -0.1) is 12.4 Å². The minimum Gasteiger partial charge on any atom is -0.497 e. The van der Waals surface area contributed by atoms with Gasteiger partial charge in [0.2, 0.25) is 0 Å². The number of carbonyl (C=O) groups is 1. The van der Waals surface area contributed by atoms with Crippen molar-refractivity contribution in [3.8, 4) is 17.2 Å². The van der Waals surface area contributed by atoms with Crippen LogP contribution in [0.3, 0.4) is 0 Å². The van der Waals surface area contributed by atoms with Gasteiger partial charge in [-0.3, -0.25) is 9.69 Å². The van der Waals surface area contributed by atoms with Crippen molar-refractivity contribution in [1.82, 2.24) is 9.88 Å². The Kier molecular flexibility index (Phi) is 9.48. The molecule has 0 saturated carbocycles. The predicted molar refractivity (Wildman–Crippen MR) is 146 cm³/mol. The summed E-state index contributed by atoms with van der Waals surface area (Å²) in [6.45, 7) is 7.45. The quantitative estimate of drug-likeness (QED) is 0.243. The molecule has 0 N–H and O–H groups in total. The number of aromatic nitrogens is 1. The van der Waals surface area contributed by atoms with Gasteiger partial charge in [0.05, 0.1) is 17.3 Å². The highest BCUT2D eigenvalue weighted by atomic mass is 35.5. The van der Waals surface area contributed by atoms with Crippen LogP contribution in [0.5, 0.6) is 17.2 Å². The van der Waals surface area contributed by atoms with Crippen LogP contribution < -0.4 is 14.4 Å². The smallest absolute Gasteiger partial charge is 0.260 e. The summed E-state index contributed by atoms with van der Waals surface area (Å²) in [5, 5.41) is 0.685. The zero-order chi connectivity index (χ0) is 23.9. The average Bonchev–Trinajstić information content (AvgIpc) is 3.30. The van der Waals surface area contributed by atoms with Crippen LogP contribution in [0.1, 0.15) is 24.2 Å². The molecule has 8 heteroatoms. The Morgan fingerprint density at radius 3 is 2.20 bits per heavy atom. The number of hydrogen-bond acceptors (Lipinski definition) is 6. The molecule has 4 rings (SSSR count). The molecule has 0 spiro atoms. The van der Waals surface area contributed by atoms with Gasteiger partial charge < -0.3 is 14.4 Å². The van der Waals surface area contributed by atoms with Gasteiger partial charge in [-0.05, 0) is 61.6 Å². The first kappa shape index (κ1) is 26.5. The van der Waals surface area contributed by atoms with Crippen molar-refractivity contribution in [1.29, 1.82) is 0 Å². The molecule has 0 unspecified atom stereocenters. The summed E-state index contributed by atoms with van der Waals surface area (Å²) < 4.78 is 12.2. The molecule has 0 bridgehead atoms. The maximum absolute atomic E-state index is 13.6. The van der Waals surface area contributed by atoms with Gasteiger partial charge in [0.15, 0.2) is 5.13 Å². The lowest BCUT2D eigenvalue weighted by Crippen LogP contribution is -2.38. The SMILES string of the molecule is CCN(CC)CCN(C(=O)c1ccc(Oc2ccccc2)cc1)c1nc2cc(OC)ccc2s1.Cl. The third kappa shape index (κ3) is 6.51. The molecule has 0 radical (unpaired) electrons. The highest BCUT2D eigenvalue weighted by Crippen LogP contribution is 2.32. The second-order valence-corrected chi connectivity index (χ2v) is 8.76. The summed E-state index contributed by atoms with van der Waals surface area (Å²) in [6.07, 6.45) is 0. The first-order valence-electron chi connectivity index (χ1n) is 11.4. The normalized spacial score (nSPS) is 10.7. The maximum Gasteiger partial charge on any atom is 0.260 e. The van der Waals surface area contributed by atoms with E-state index in [1.54, 1.807) is 24.1 Å². The van der Waals surface area contributed by atoms with E-state index in [1.165, 1.54) is 11.3 Å². The van der Waals surface area contributed by atoms with Crippen LogP contribution in [0.25, 0.3) is 10.2 Å². The summed E-state index contributed by atoms with van der Waals surface area (Å²) in [7, 11) is 1.64. The largest absolute Gasteiger partial charge is 0.497 e. The van der Waals surface area contributed by atoms with Crippen molar-refractivity contribution < 1.29 is 14.3 Å². The van der Waals surface area contributed by atoms with Gasteiger partial charge in [0.1, 0.15) is 17.2 Å². The molecule has 0 aliphatic rings. The van der Waals surface area contributed by atoms with Crippen LogP contribution in [0.15, 0.2) is 72.8 Å². The van der Waals surface area contributed by atoms with Crippen molar-refractivity contribution in [3.63, 3.8) is 0 Å². The Bertz CT molecular complexity index is 1230. The number of halogens is 1. The molecular formula is C27H30ClN3O3S. The van der Waals surface area contributed by atoms with E-state index < -0.39 is 0 Å². The fourth-order valence-corrected chi connectivity index (χ4v) is 4.62. The molecule has 184 valence electrons. The number of thiazole rings is 1. The van der Waals surface area contributed by atoms with Crippen molar-refractivity contribution in [2.45, 2.75) is 13.8 Å². The number of nitrogens with zero attached hydrogens (tertiary/aromatic N) is 3. The predicted octanol–water partition coefficient (Wildman–Crippen LogP) is 6.51. The molecule has 1 amide bonds. The van der Waals surface area contributed by atoms with E-state index >= 15 is 0 Å². The molecular weight excluding hydrogens is 482 g/mol. The van der Waals surface area contributed by atoms with Gasteiger partial charge in [-0.25, -0.2) is 4.98 Å². The third-order valence-corrected chi connectivity index (χ3v) is 6.73. The van der Waals surface area contributed by atoms with Gasteiger partial charge in [0, 0.05) is 24.7 Å². The third-order valence-electron chi connectivity index (χ3n) is 5.67. The van der Waals surface area contributed by atoms with E-state index in [2.05, 4.69) is 18.7 Å². The molecule has 1 aromatic heterocycles. The molecule has 4 aromatic rings. The van der Waals surface area contributed by atoms with Crippen molar-refractivity contribution in [2.75, 3.05) is 38.2 Å². The molecule has 6 nitrogen and oxygen atoms in total. The second-order valence-electron chi connectivity index (χ2n) is 7.75. The number of rotatable bonds is 10. The summed E-state index contributed by atoms with van der Waals surface area (Å²) in [6, 6.07) is 22.7. The van der Waals surface area contributed by atoms with E-state index in [1.807, 2.05) is 60.7 Å². The Balaban J connectivity index is 0.00000342. The lowest BCUT2D eigenvalue weighted by Gasteiger charge is -2.24. The van der Waals surface area contributed by atoms with E-state index in [0.717, 1.165) is 41.3 Å². The summed E-state index contributed by atoms with van der Waals surface area (Å²) >= 11 is 1.51. The standard InChI is InChI=1S/C27H29N3O3S.ClH/c1-4-29(5-2)17-18-30(27-28-24-19-23(32-3)15-16-25(24)34-27)26(31)20-11-13-22(14-12-20)33-21-9-7-6-8-10-21;/h6-16,19H,4-5,17-18H2,1-3H3;1H. The highest BCUT2D eigenvalue weighted by molar-refractivity contribution is 7.22. The number of anilines is 1. The first-order chi connectivity index (χ1) is 16.6. The fraction of sp³-hybridized carbons (Fsp3) is 0.259. The number of methoxy groups -OCH3 is 1. The van der Waals surface area contributed by atoms with Crippen LogP contribution >= 0.6 is 23.7 Å². The number of benzene rings is 3. The number of carbonyl (C=O) groups excluding carboxylic acids is 1. The minimum atomic E-state index is -0.0792. The molecule has 0 saturated heterocycles. The zero-order valence-corrected chi connectivity index (χ0v) is 21.8. The monoisotopic (exact) mass is 511 g/mol. The number of fused-ring (bicyclic) bond motifs is 1. The van der Waals surface area contributed by atoms with Crippen LogP contribution in [0.2, 0.25) is 0 Å². The van der Waals surface area contributed by atoms with Crippen LogP contribution in [0.4, 0.5) is 5.13 Å². The van der Waals surface area contributed by atoms with E-state index in [4.69, 9.17) is 14.5 Å². The first-order valence-corrected chi connectivity index (χ1v) is 12.2. The topological polar surface area (TPSA) is 54.9 Å². The molecule has 0 aliphatic carbocycles. The molecule has 0 aliphatic heterocycles. The van der Waals surface area contributed by atoms with Crippen LogP contribution in [-0.2, 0) is 0 Å². The lowest BCUT2D eigenvalue weighted by atomic mass is 10.2. The molecule has 0 fully saturated rings. The Morgan fingerprint density at radius 2 is 1.54 bits per heavy atom. The molecule has 1 heterocycles. The minimum absolute atomic E-state index is 0. The number of likely N-dealkylation sites (N-methyl/N-ethyl adjacent to an activating group) is 1. The fourth-order valence-electron chi connectivity index (χ4n) is 3.65. The van der Waals surface area contributed by atoms with E-state index in [0.29, 0.717) is 23.0 Å². The van der Waals surface area contributed by atoms with Crippen LogP contribution in [-0.4, -0.2) is 49.1 Å². The van der Waals surface area contributed by atoms with Crippen molar-refractivity contribution in [3.05, 3.63) is 78.4 Å². The molecule has 0 atom stereocenters. The van der Waals surface area contributed by atoms with Gasteiger partial charge in [-0.1, -0.05) is 43.4 Å². The van der Waals surface area contributed by atoms with Gasteiger partial charge >= 0.3 is 0 Å². The van der Waals surface area contributed by atoms with E-state index in [-0.39, 0.29) is 18.3 Å². The molecule has 3 aromatic carbocycles. The number of amides is 1. The van der Waals surface area contributed by atoms with Gasteiger partial charge in [0.25, 0.3) is 5.91 Å². The Hall–Kier alpha value is -3.13. The average molecular weight is 512 g/mol. The lowest BCUT2D eigenvalue weighted by molar-refractivity contribution is 0.0984. The Labute approximate surface area is 216 Å². The van der Waals surface area contributed by atoms with Crippen molar-refractivity contribution in [2.24, 2.45) is 0 Å². The maximum atomic E-state index is 13.6. The highest BCUT2D eigenvalue weighted by Gasteiger charge is 2.22.